The first kappa shape index (κ1) is 14.1. The van der Waals surface area contributed by atoms with Gasteiger partial charge in [0.05, 0.1) is 18.0 Å². The molecule has 0 aliphatic carbocycles. The van der Waals surface area contributed by atoms with Gasteiger partial charge in [0.1, 0.15) is 6.61 Å². The topological polar surface area (TPSA) is 57.5 Å². The molecule has 0 aliphatic rings. The maximum Gasteiger partial charge on any atom is 0.418 e. The Balaban J connectivity index is 1.91. The molecule has 0 radical (unpaired) electrons. The smallest absolute Gasteiger partial charge is 0.418 e. The number of para-hydroxylation sites is 1. The second-order valence-corrected chi connectivity index (χ2v) is 4.65. The molecule has 0 atom stereocenters. The number of hydrogen-bond acceptors (Lipinski definition) is 4. The number of rotatable bonds is 4. The van der Waals surface area contributed by atoms with E-state index < -0.39 is 6.09 Å². The van der Waals surface area contributed by atoms with Crippen LogP contribution >= 0.6 is 0 Å². The van der Waals surface area contributed by atoms with Crippen LogP contribution in [0.2, 0.25) is 0 Å². The summed E-state index contributed by atoms with van der Waals surface area (Å²) in [6.07, 6.45) is 1.05. The zero-order valence-corrected chi connectivity index (χ0v) is 11.5. The maximum atomic E-state index is 11.9. The molecule has 0 fully saturated rings. The number of carbonyl (C=O) groups excluding carboxylic acids is 2. The molecule has 0 spiro atoms. The van der Waals surface area contributed by atoms with E-state index in [4.69, 9.17) is 9.47 Å². The first-order valence-electron chi connectivity index (χ1n) is 6.50. The lowest BCUT2D eigenvalue weighted by atomic mass is 10.2. The van der Waals surface area contributed by atoms with E-state index >= 15 is 0 Å². The third kappa shape index (κ3) is 3.38. The van der Waals surface area contributed by atoms with Crippen molar-refractivity contribution in [3.05, 3.63) is 36.5 Å². The number of fused-ring (bicyclic) bond motifs is 1. The molecule has 5 heteroatoms. The highest BCUT2D eigenvalue weighted by Crippen LogP contribution is 2.15. The molecule has 106 valence electrons. The van der Waals surface area contributed by atoms with Gasteiger partial charge in [-0.05, 0) is 26.0 Å². The molecule has 5 nitrogen and oxygen atoms in total. The monoisotopic (exact) mass is 275 g/mol. The Bertz CT molecular complexity index is 615. The minimum Gasteiger partial charge on any atom is -0.463 e. The van der Waals surface area contributed by atoms with E-state index in [1.165, 1.54) is 4.57 Å². The lowest BCUT2D eigenvalue weighted by molar-refractivity contribution is -0.148. The zero-order valence-electron chi connectivity index (χ0n) is 11.5. The molecule has 0 saturated heterocycles. The van der Waals surface area contributed by atoms with E-state index in [-0.39, 0.29) is 25.1 Å². The van der Waals surface area contributed by atoms with Gasteiger partial charge in [0.25, 0.3) is 0 Å². The number of esters is 1. The van der Waals surface area contributed by atoms with Crippen LogP contribution in [-0.2, 0) is 14.3 Å². The standard InChI is InChI=1S/C15H17NO4/c1-11(2)20-14(17)8-10-19-15(18)16-9-7-12-5-3-4-6-13(12)16/h3-7,9,11H,8,10H2,1-2H3. The van der Waals surface area contributed by atoms with Crippen LogP contribution < -0.4 is 0 Å². The van der Waals surface area contributed by atoms with E-state index in [0.717, 1.165) is 10.9 Å². The summed E-state index contributed by atoms with van der Waals surface area (Å²) in [7, 11) is 0. The second-order valence-electron chi connectivity index (χ2n) is 4.65. The van der Waals surface area contributed by atoms with Crippen LogP contribution in [0.15, 0.2) is 36.5 Å². The van der Waals surface area contributed by atoms with Crippen molar-refractivity contribution in [2.24, 2.45) is 0 Å². The summed E-state index contributed by atoms with van der Waals surface area (Å²) in [6, 6.07) is 9.35. The van der Waals surface area contributed by atoms with Crippen LogP contribution in [-0.4, -0.2) is 29.3 Å². The average molecular weight is 275 g/mol. The largest absolute Gasteiger partial charge is 0.463 e. The van der Waals surface area contributed by atoms with Crippen molar-refractivity contribution in [2.45, 2.75) is 26.4 Å². The van der Waals surface area contributed by atoms with Crippen molar-refractivity contribution in [3.63, 3.8) is 0 Å². The molecule has 0 amide bonds. The second kappa shape index (κ2) is 6.23. The number of aromatic nitrogens is 1. The van der Waals surface area contributed by atoms with E-state index in [9.17, 15) is 9.59 Å². The molecule has 20 heavy (non-hydrogen) atoms. The van der Waals surface area contributed by atoms with E-state index in [1.54, 1.807) is 20.0 Å². The van der Waals surface area contributed by atoms with Crippen LogP contribution in [0.4, 0.5) is 4.79 Å². The van der Waals surface area contributed by atoms with E-state index in [0.29, 0.717) is 0 Å². The van der Waals surface area contributed by atoms with Crippen LogP contribution in [0, 0.1) is 0 Å². The predicted octanol–water partition coefficient (Wildman–Crippen LogP) is 2.97. The lowest BCUT2D eigenvalue weighted by Gasteiger charge is -2.08. The molecule has 0 N–H and O–H groups in total. The van der Waals surface area contributed by atoms with Crippen molar-refractivity contribution in [2.75, 3.05) is 6.61 Å². The highest BCUT2D eigenvalue weighted by atomic mass is 16.6. The SMILES string of the molecule is CC(C)OC(=O)CCOC(=O)n1ccc2ccccc21. The van der Waals surface area contributed by atoms with Gasteiger partial charge in [-0.2, -0.15) is 0 Å². The first-order chi connectivity index (χ1) is 9.58. The highest BCUT2D eigenvalue weighted by molar-refractivity contribution is 5.89. The molecule has 2 rings (SSSR count). The Hall–Kier alpha value is -2.30. The summed E-state index contributed by atoms with van der Waals surface area (Å²) in [5.41, 5.74) is 0.780. The van der Waals surface area contributed by atoms with Gasteiger partial charge in [0.15, 0.2) is 0 Å². The minimum atomic E-state index is -0.497. The molecule has 0 saturated carbocycles. The summed E-state index contributed by atoms with van der Waals surface area (Å²) in [6.45, 7) is 3.56. The summed E-state index contributed by atoms with van der Waals surface area (Å²) >= 11 is 0. The molecule has 1 heterocycles. The zero-order chi connectivity index (χ0) is 14.5. The Morgan fingerprint density at radius 2 is 1.95 bits per heavy atom. The molecular weight excluding hydrogens is 258 g/mol. The van der Waals surface area contributed by atoms with Crippen molar-refractivity contribution in [1.29, 1.82) is 0 Å². The van der Waals surface area contributed by atoms with Gasteiger partial charge in [-0.25, -0.2) is 4.79 Å². The van der Waals surface area contributed by atoms with Crippen LogP contribution in [0.1, 0.15) is 20.3 Å². The number of hydrogen-bond donors (Lipinski definition) is 0. The Morgan fingerprint density at radius 3 is 2.70 bits per heavy atom. The normalized spacial score (nSPS) is 10.8. The van der Waals surface area contributed by atoms with Crippen molar-refractivity contribution in [3.8, 4) is 0 Å². The van der Waals surface area contributed by atoms with Crippen molar-refractivity contribution in [1.82, 2.24) is 4.57 Å². The molecule has 0 aliphatic heterocycles. The molecular formula is C15H17NO4. The Kier molecular flexibility index (Phi) is 4.40. The Labute approximate surface area is 117 Å². The van der Waals surface area contributed by atoms with Crippen molar-refractivity contribution >= 4 is 23.0 Å². The molecule has 0 bridgehead atoms. The fourth-order valence-corrected chi connectivity index (χ4v) is 1.86. The molecule has 1 aromatic heterocycles. The predicted molar refractivity (Wildman–Crippen MR) is 74.5 cm³/mol. The average Bonchev–Trinajstić information content (AvgIpc) is 2.81. The molecule has 1 aromatic carbocycles. The van der Waals surface area contributed by atoms with Gasteiger partial charge >= 0.3 is 12.1 Å². The van der Waals surface area contributed by atoms with Crippen molar-refractivity contribution < 1.29 is 19.1 Å². The van der Waals surface area contributed by atoms with Crippen LogP contribution in [0.25, 0.3) is 10.9 Å². The quantitative estimate of drug-likeness (QED) is 0.805. The lowest BCUT2D eigenvalue weighted by Crippen LogP contribution is -2.17. The van der Waals surface area contributed by atoms with Gasteiger partial charge in [-0.15, -0.1) is 0 Å². The molecule has 2 aromatic rings. The summed E-state index contributed by atoms with van der Waals surface area (Å²) in [4.78, 5) is 23.2. The van der Waals surface area contributed by atoms with E-state index in [2.05, 4.69) is 0 Å². The van der Waals surface area contributed by atoms with Gasteiger partial charge in [-0.1, -0.05) is 18.2 Å². The third-order valence-electron chi connectivity index (χ3n) is 2.70. The number of benzene rings is 1. The highest BCUT2D eigenvalue weighted by Gasteiger charge is 2.11. The summed E-state index contributed by atoms with van der Waals surface area (Å²) in [5.74, 6) is -0.370. The summed E-state index contributed by atoms with van der Waals surface area (Å²) in [5, 5.41) is 0.962. The Morgan fingerprint density at radius 1 is 1.20 bits per heavy atom. The number of carbonyl (C=O) groups is 2. The molecule has 0 unspecified atom stereocenters. The van der Waals surface area contributed by atoms with Gasteiger partial charge in [0.2, 0.25) is 0 Å². The van der Waals surface area contributed by atoms with Crippen LogP contribution in [0.5, 0.6) is 0 Å². The fraction of sp³-hybridized carbons (Fsp3) is 0.333. The maximum absolute atomic E-state index is 11.9. The number of nitrogens with zero attached hydrogens (tertiary/aromatic N) is 1. The fourth-order valence-electron chi connectivity index (χ4n) is 1.86. The van der Waals surface area contributed by atoms with Crippen LogP contribution in [0.3, 0.4) is 0 Å². The third-order valence-corrected chi connectivity index (χ3v) is 2.70. The first-order valence-corrected chi connectivity index (χ1v) is 6.50. The van der Waals surface area contributed by atoms with Gasteiger partial charge < -0.3 is 9.47 Å². The number of ether oxygens (including phenoxy) is 2. The van der Waals surface area contributed by atoms with Gasteiger partial charge in [-0.3, -0.25) is 9.36 Å². The summed E-state index contributed by atoms with van der Waals surface area (Å²) < 4.78 is 11.4. The van der Waals surface area contributed by atoms with Gasteiger partial charge in [0, 0.05) is 11.6 Å². The van der Waals surface area contributed by atoms with E-state index in [1.807, 2.05) is 30.3 Å². The minimum absolute atomic E-state index is 0.0108.